The van der Waals surface area contributed by atoms with E-state index in [4.69, 9.17) is 9.47 Å². The highest BCUT2D eigenvalue weighted by molar-refractivity contribution is 5.76. The number of hydrogen-bond acceptors (Lipinski definition) is 4. The number of nitrogens with zero attached hydrogens (tertiary/aromatic N) is 3. The van der Waals surface area contributed by atoms with Crippen molar-refractivity contribution in [3.63, 3.8) is 0 Å². The number of rotatable bonds is 6. The second kappa shape index (κ2) is 8.65. The van der Waals surface area contributed by atoms with Gasteiger partial charge in [0.25, 0.3) is 0 Å². The summed E-state index contributed by atoms with van der Waals surface area (Å²) in [5.74, 6) is 2.43. The van der Waals surface area contributed by atoms with Crippen LogP contribution in [0.2, 0.25) is 0 Å². The highest BCUT2D eigenvalue weighted by Gasteiger charge is 2.22. The summed E-state index contributed by atoms with van der Waals surface area (Å²) >= 11 is 0. The standard InChI is InChI=1S/C23H28N4O3/c1-16-25-19-7-4-5-8-20(19)27(16)11-6-10-24-23(28)26-12-9-17-13-21(29-2)22(30-3)14-18(17)15-26/h4-5,7-8,13-14H,6,9-12,15H2,1-3H3,(H,24,28). The molecule has 1 aliphatic heterocycles. The van der Waals surface area contributed by atoms with Gasteiger partial charge in [0.05, 0.1) is 25.3 Å². The van der Waals surface area contributed by atoms with Crippen LogP contribution in [0.5, 0.6) is 11.5 Å². The highest BCUT2D eigenvalue weighted by atomic mass is 16.5. The first kappa shape index (κ1) is 20.1. The third-order valence-electron chi connectivity index (χ3n) is 5.69. The number of nitrogens with one attached hydrogen (secondary N) is 1. The Hall–Kier alpha value is -3.22. The van der Waals surface area contributed by atoms with Crippen LogP contribution in [0.1, 0.15) is 23.4 Å². The number of aryl methyl sites for hydroxylation is 2. The van der Waals surface area contributed by atoms with Gasteiger partial charge < -0.3 is 24.3 Å². The number of aromatic nitrogens is 2. The van der Waals surface area contributed by atoms with E-state index in [0.29, 0.717) is 25.4 Å². The van der Waals surface area contributed by atoms with Gasteiger partial charge in [-0.3, -0.25) is 0 Å². The van der Waals surface area contributed by atoms with Gasteiger partial charge in [-0.25, -0.2) is 9.78 Å². The zero-order valence-corrected chi connectivity index (χ0v) is 17.8. The Morgan fingerprint density at radius 3 is 2.63 bits per heavy atom. The number of hydrogen-bond donors (Lipinski definition) is 1. The lowest BCUT2D eigenvalue weighted by Gasteiger charge is -2.29. The number of carbonyl (C=O) groups is 1. The van der Waals surface area contributed by atoms with E-state index in [-0.39, 0.29) is 6.03 Å². The SMILES string of the molecule is COc1cc2c(cc1OC)CN(C(=O)NCCCn1c(C)nc3ccccc31)CC2. The Morgan fingerprint density at radius 2 is 1.87 bits per heavy atom. The molecule has 2 aromatic carbocycles. The molecular formula is C23H28N4O3. The lowest BCUT2D eigenvalue weighted by molar-refractivity contribution is 0.192. The fourth-order valence-electron chi connectivity index (χ4n) is 4.08. The quantitative estimate of drug-likeness (QED) is 0.634. The van der Waals surface area contributed by atoms with E-state index >= 15 is 0 Å². The molecule has 4 rings (SSSR count). The molecule has 0 fully saturated rings. The second-order valence-electron chi connectivity index (χ2n) is 7.53. The molecule has 1 aliphatic rings. The number of urea groups is 1. The van der Waals surface area contributed by atoms with Gasteiger partial charge in [-0.15, -0.1) is 0 Å². The maximum atomic E-state index is 12.7. The van der Waals surface area contributed by atoms with Crippen molar-refractivity contribution in [1.82, 2.24) is 19.8 Å². The highest BCUT2D eigenvalue weighted by Crippen LogP contribution is 2.33. The van der Waals surface area contributed by atoms with Crippen molar-refractivity contribution < 1.29 is 14.3 Å². The molecule has 7 heteroatoms. The van der Waals surface area contributed by atoms with E-state index in [2.05, 4.69) is 20.9 Å². The van der Waals surface area contributed by atoms with Crippen molar-refractivity contribution in [3.8, 4) is 11.5 Å². The topological polar surface area (TPSA) is 68.6 Å². The molecule has 158 valence electrons. The number of carbonyl (C=O) groups excluding carboxylic acids is 1. The van der Waals surface area contributed by atoms with Crippen LogP contribution in [0, 0.1) is 6.92 Å². The summed E-state index contributed by atoms with van der Waals surface area (Å²) in [4.78, 5) is 19.1. The van der Waals surface area contributed by atoms with Crippen molar-refractivity contribution >= 4 is 17.1 Å². The Bertz CT molecular complexity index is 1060. The van der Waals surface area contributed by atoms with E-state index in [9.17, 15) is 4.79 Å². The summed E-state index contributed by atoms with van der Waals surface area (Å²) in [5.41, 5.74) is 4.46. The zero-order valence-electron chi connectivity index (χ0n) is 17.8. The van der Waals surface area contributed by atoms with Crippen LogP contribution in [0.15, 0.2) is 36.4 Å². The van der Waals surface area contributed by atoms with Crippen LogP contribution in [0.25, 0.3) is 11.0 Å². The Balaban J connectivity index is 1.32. The van der Waals surface area contributed by atoms with Crippen LogP contribution in [0.3, 0.4) is 0 Å². The largest absolute Gasteiger partial charge is 0.493 e. The number of ether oxygens (including phenoxy) is 2. The van der Waals surface area contributed by atoms with E-state index in [1.165, 1.54) is 5.56 Å². The average Bonchev–Trinajstić information content (AvgIpc) is 3.10. The molecule has 0 atom stereocenters. The van der Waals surface area contributed by atoms with Crippen molar-refractivity contribution in [2.24, 2.45) is 0 Å². The molecule has 2 amide bonds. The molecule has 0 spiro atoms. The lowest BCUT2D eigenvalue weighted by Crippen LogP contribution is -2.43. The first-order chi connectivity index (χ1) is 14.6. The monoisotopic (exact) mass is 408 g/mol. The van der Waals surface area contributed by atoms with E-state index in [0.717, 1.165) is 47.6 Å². The van der Waals surface area contributed by atoms with Gasteiger partial charge in [-0.05, 0) is 55.2 Å². The fourth-order valence-corrected chi connectivity index (χ4v) is 4.08. The van der Waals surface area contributed by atoms with Gasteiger partial charge in [0.1, 0.15) is 5.82 Å². The third kappa shape index (κ3) is 3.92. The smallest absolute Gasteiger partial charge is 0.317 e. The van der Waals surface area contributed by atoms with Crippen LogP contribution < -0.4 is 14.8 Å². The van der Waals surface area contributed by atoms with Gasteiger partial charge in [0.15, 0.2) is 11.5 Å². The van der Waals surface area contributed by atoms with Gasteiger partial charge in [0, 0.05) is 26.2 Å². The molecule has 3 aromatic rings. The number of fused-ring (bicyclic) bond motifs is 2. The number of benzene rings is 2. The minimum atomic E-state index is -0.0253. The fraction of sp³-hybridized carbons (Fsp3) is 0.391. The average molecular weight is 409 g/mol. The first-order valence-electron chi connectivity index (χ1n) is 10.3. The maximum Gasteiger partial charge on any atom is 0.317 e. The van der Waals surface area contributed by atoms with Gasteiger partial charge in [-0.2, -0.15) is 0 Å². The third-order valence-corrected chi connectivity index (χ3v) is 5.69. The number of para-hydroxylation sites is 2. The minimum absolute atomic E-state index is 0.0253. The lowest BCUT2D eigenvalue weighted by atomic mass is 9.99. The molecule has 0 saturated heterocycles. The molecule has 0 unspecified atom stereocenters. The van der Waals surface area contributed by atoms with E-state index in [1.54, 1.807) is 14.2 Å². The van der Waals surface area contributed by atoms with Gasteiger partial charge >= 0.3 is 6.03 Å². The van der Waals surface area contributed by atoms with Crippen LogP contribution in [-0.4, -0.2) is 47.8 Å². The normalized spacial score (nSPS) is 13.2. The molecular weight excluding hydrogens is 380 g/mol. The molecule has 1 N–H and O–H groups in total. The number of imidazole rings is 1. The van der Waals surface area contributed by atoms with Crippen molar-refractivity contribution in [2.45, 2.75) is 32.9 Å². The Kier molecular flexibility index (Phi) is 5.79. The minimum Gasteiger partial charge on any atom is -0.493 e. The Labute approximate surface area is 176 Å². The van der Waals surface area contributed by atoms with Gasteiger partial charge in [-0.1, -0.05) is 12.1 Å². The molecule has 0 aliphatic carbocycles. The summed E-state index contributed by atoms with van der Waals surface area (Å²) in [7, 11) is 3.27. The predicted octanol–water partition coefficient (Wildman–Crippen LogP) is 3.52. The van der Waals surface area contributed by atoms with Crippen molar-refractivity contribution in [2.75, 3.05) is 27.3 Å². The molecule has 0 saturated carbocycles. The first-order valence-corrected chi connectivity index (χ1v) is 10.3. The zero-order chi connectivity index (χ0) is 21.1. The summed E-state index contributed by atoms with van der Waals surface area (Å²) in [6, 6.07) is 12.1. The van der Waals surface area contributed by atoms with Crippen molar-refractivity contribution in [3.05, 3.63) is 53.3 Å². The molecule has 1 aromatic heterocycles. The number of amides is 2. The van der Waals surface area contributed by atoms with Crippen LogP contribution in [0.4, 0.5) is 4.79 Å². The Morgan fingerprint density at radius 1 is 1.13 bits per heavy atom. The van der Waals surface area contributed by atoms with E-state index in [1.807, 2.05) is 42.2 Å². The predicted molar refractivity (Wildman–Crippen MR) is 116 cm³/mol. The number of methoxy groups -OCH3 is 2. The second-order valence-corrected chi connectivity index (χ2v) is 7.53. The summed E-state index contributed by atoms with van der Waals surface area (Å²) < 4.78 is 13.0. The molecule has 0 radical (unpaired) electrons. The van der Waals surface area contributed by atoms with Crippen LogP contribution >= 0.6 is 0 Å². The van der Waals surface area contributed by atoms with Gasteiger partial charge in [0.2, 0.25) is 0 Å². The molecule has 2 heterocycles. The van der Waals surface area contributed by atoms with Crippen LogP contribution in [-0.2, 0) is 19.5 Å². The molecule has 0 bridgehead atoms. The van der Waals surface area contributed by atoms with Crippen molar-refractivity contribution in [1.29, 1.82) is 0 Å². The maximum absolute atomic E-state index is 12.7. The van der Waals surface area contributed by atoms with E-state index < -0.39 is 0 Å². The molecule has 7 nitrogen and oxygen atoms in total. The summed E-state index contributed by atoms with van der Waals surface area (Å²) in [6.07, 6.45) is 1.66. The molecule has 30 heavy (non-hydrogen) atoms. The summed E-state index contributed by atoms with van der Waals surface area (Å²) in [6.45, 7) is 4.74. The summed E-state index contributed by atoms with van der Waals surface area (Å²) in [5, 5.41) is 3.06.